The standard InChI is InChI=1S/C10H19O/c1-2-11-10-8-6-4-3-5-7-9-10/h10H,1-9H2. The van der Waals surface area contributed by atoms with Gasteiger partial charge in [0.25, 0.3) is 0 Å². The molecule has 0 atom stereocenters. The highest BCUT2D eigenvalue weighted by Crippen LogP contribution is 2.18. The fourth-order valence-electron chi connectivity index (χ4n) is 1.75. The lowest BCUT2D eigenvalue weighted by Gasteiger charge is -2.19. The molecule has 0 bridgehead atoms. The highest BCUT2D eigenvalue weighted by atomic mass is 16.5. The molecule has 0 spiro atoms. The zero-order chi connectivity index (χ0) is 7.94. The summed E-state index contributed by atoms with van der Waals surface area (Å²) in [5.41, 5.74) is 0. The van der Waals surface area contributed by atoms with Gasteiger partial charge in [-0.05, 0) is 19.8 Å². The van der Waals surface area contributed by atoms with E-state index in [9.17, 15) is 0 Å². The number of ether oxygens (including phenoxy) is 1. The third-order valence-electron chi connectivity index (χ3n) is 2.41. The summed E-state index contributed by atoms with van der Waals surface area (Å²) in [5.74, 6) is 0. The number of hydrogen-bond acceptors (Lipinski definition) is 1. The molecule has 0 saturated heterocycles. The minimum atomic E-state index is 0.521. The van der Waals surface area contributed by atoms with E-state index in [4.69, 9.17) is 4.74 Å². The third kappa shape index (κ3) is 3.76. The Morgan fingerprint density at radius 2 is 1.55 bits per heavy atom. The third-order valence-corrected chi connectivity index (χ3v) is 2.41. The average molecular weight is 155 g/mol. The van der Waals surface area contributed by atoms with Gasteiger partial charge in [-0.1, -0.05) is 32.1 Å². The summed E-state index contributed by atoms with van der Waals surface area (Å²) in [6, 6.07) is 0. The van der Waals surface area contributed by atoms with Gasteiger partial charge in [0.1, 0.15) is 0 Å². The highest BCUT2D eigenvalue weighted by Gasteiger charge is 2.09. The van der Waals surface area contributed by atoms with Crippen LogP contribution in [0.1, 0.15) is 44.9 Å². The van der Waals surface area contributed by atoms with Crippen molar-refractivity contribution in [2.45, 2.75) is 51.0 Å². The fraction of sp³-hybridized carbons (Fsp3) is 0.900. The molecular formula is C10H19O. The van der Waals surface area contributed by atoms with Crippen molar-refractivity contribution in [1.82, 2.24) is 0 Å². The molecule has 1 heteroatoms. The van der Waals surface area contributed by atoms with Crippen LogP contribution < -0.4 is 0 Å². The Labute approximate surface area is 70.1 Å². The van der Waals surface area contributed by atoms with Crippen molar-refractivity contribution in [3.63, 3.8) is 0 Å². The molecular weight excluding hydrogens is 136 g/mol. The van der Waals surface area contributed by atoms with Crippen molar-refractivity contribution < 1.29 is 4.74 Å². The van der Waals surface area contributed by atoms with Crippen molar-refractivity contribution in [3.05, 3.63) is 6.92 Å². The predicted molar refractivity (Wildman–Crippen MR) is 47.4 cm³/mol. The summed E-state index contributed by atoms with van der Waals surface area (Å²) >= 11 is 0. The molecule has 1 rings (SSSR count). The average Bonchev–Trinajstić information content (AvgIpc) is 1.94. The first-order chi connectivity index (χ1) is 5.43. The van der Waals surface area contributed by atoms with Crippen molar-refractivity contribution in [2.75, 3.05) is 6.61 Å². The van der Waals surface area contributed by atoms with Crippen LogP contribution in [0, 0.1) is 6.92 Å². The van der Waals surface area contributed by atoms with E-state index in [0.29, 0.717) is 12.7 Å². The quantitative estimate of drug-likeness (QED) is 0.595. The Balaban J connectivity index is 2.15. The van der Waals surface area contributed by atoms with Gasteiger partial charge in [0.2, 0.25) is 0 Å². The Morgan fingerprint density at radius 1 is 1.00 bits per heavy atom. The van der Waals surface area contributed by atoms with E-state index in [1.807, 2.05) is 0 Å². The molecule has 1 nitrogen and oxygen atoms in total. The Morgan fingerprint density at radius 3 is 2.09 bits per heavy atom. The second-order valence-electron chi connectivity index (χ2n) is 3.34. The highest BCUT2D eigenvalue weighted by molar-refractivity contribution is 4.63. The van der Waals surface area contributed by atoms with Crippen molar-refractivity contribution in [3.8, 4) is 0 Å². The smallest absolute Gasteiger partial charge is 0.0575 e. The van der Waals surface area contributed by atoms with Crippen LogP contribution in [0.4, 0.5) is 0 Å². The Kier molecular flexibility index (Phi) is 4.60. The Bertz CT molecular complexity index is 82.9. The van der Waals surface area contributed by atoms with Crippen LogP contribution >= 0.6 is 0 Å². The molecule has 0 N–H and O–H groups in total. The van der Waals surface area contributed by atoms with Gasteiger partial charge in [-0.3, -0.25) is 0 Å². The van der Waals surface area contributed by atoms with E-state index in [2.05, 4.69) is 6.92 Å². The molecule has 1 aliphatic rings. The van der Waals surface area contributed by atoms with Crippen LogP contribution in [0.3, 0.4) is 0 Å². The summed E-state index contributed by atoms with van der Waals surface area (Å²) in [5, 5.41) is 0. The normalized spacial score (nSPS) is 22.6. The largest absolute Gasteiger partial charge is 0.378 e. The molecule has 0 aromatic carbocycles. The molecule has 65 valence electrons. The fourth-order valence-corrected chi connectivity index (χ4v) is 1.75. The molecule has 0 unspecified atom stereocenters. The van der Waals surface area contributed by atoms with E-state index in [0.717, 1.165) is 0 Å². The van der Waals surface area contributed by atoms with Gasteiger partial charge >= 0.3 is 0 Å². The molecule has 0 aromatic heterocycles. The molecule has 0 aromatic rings. The van der Waals surface area contributed by atoms with E-state index in [-0.39, 0.29) is 0 Å². The molecule has 0 aliphatic heterocycles. The zero-order valence-electron chi connectivity index (χ0n) is 7.35. The van der Waals surface area contributed by atoms with Gasteiger partial charge in [0.05, 0.1) is 6.10 Å². The molecule has 1 radical (unpaired) electrons. The first kappa shape index (κ1) is 9.05. The number of hydrogen-bond donors (Lipinski definition) is 0. The van der Waals surface area contributed by atoms with E-state index < -0.39 is 0 Å². The predicted octanol–water partition coefficient (Wildman–Crippen LogP) is 2.95. The van der Waals surface area contributed by atoms with Gasteiger partial charge in [0.15, 0.2) is 0 Å². The number of rotatable bonds is 2. The Hall–Kier alpha value is -0.0400. The van der Waals surface area contributed by atoms with E-state index in [1.54, 1.807) is 0 Å². The van der Waals surface area contributed by atoms with Crippen LogP contribution in [0.15, 0.2) is 0 Å². The second-order valence-corrected chi connectivity index (χ2v) is 3.34. The summed E-state index contributed by atoms with van der Waals surface area (Å²) in [7, 11) is 0. The SMILES string of the molecule is [CH2]COC1CCCCCCC1. The van der Waals surface area contributed by atoms with Crippen LogP contribution in [0.25, 0.3) is 0 Å². The summed E-state index contributed by atoms with van der Waals surface area (Å²) in [6.07, 6.45) is 9.97. The lowest BCUT2D eigenvalue weighted by Crippen LogP contribution is -2.14. The maximum Gasteiger partial charge on any atom is 0.0575 e. The van der Waals surface area contributed by atoms with Crippen molar-refractivity contribution >= 4 is 0 Å². The summed E-state index contributed by atoms with van der Waals surface area (Å²) < 4.78 is 5.51. The second kappa shape index (κ2) is 5.59. The lowest BCUT2D eigenvalue weighted by molar-refractivity contribution is 0.0534. The molecule has 0 amide bonds. The van der Waals surface area contributed by atoms with Gasteiger partial charge < -0.3 is 4.74 Å². The minimum absolute atomic E-state index is 0.521. The van der Waals surface area contributed by atoms with Crippen molar-refractivity contribution in [1.29, 1.82) is 0 Å². The summed E-state index contributed by atoms with van der Waals surface area (Å²) in [6.45, 7) is 4.36. The van der Waals surface area contributed by atoms with E-state index in [1.165, 1.54) is 44.9 Å². The summed E-state index contributed by atoms with van der Waals surface area (Å²) in [4.78, 5) is 0. The van der Waals surface area contributed by atoms with Crippen LogP contribution in [0.5, 0.6) is 0 Å². The monoisotopic (exact) mass is 155 g/mol. The lowest BCUT2D eigenvalue weighted by atomic mass is 9.99. The molecule has 0 heterocycles. The molecule has 11 heavy (non-hydrogen) atoms. The first-order valence-corrected chi connectivity index (χ1v) is 4.84. The molecule has 1 aliphatic carbocycles. The molecule has 1 fully saturated rings. The maximum absolute atomic E-state index is 5.51. The topological polar surface area (TPSA) is 9.23 Å². The van der Waals surface area contributed by atoms with Gasteiger partial charge in [-0.15, -0.1) is 0 Å². The van der Waals surface area contributed by atoms with E-state index >= 15 is 0 Å². The minimum Gasteiger partial charge on any atom is -0.378 e. The van der Waals surface area contributed by atoms with Gasteiger partial charge in [0, 0.05) is 6.61 Å². The maximum atomic E-state index is 5.51. The van der Waals surface area contributed by atoms with Crippen LogP contribution in [0.2, 0.25) is 0 Å². The van der Waals surface area contributed by atoms with Crippen molar-refractivity contribution in [2.24, 2.45) is 0 Å². The zero-order valence-corrected chi connectivity index (χ0v) is 7.35. The van der Waals surface area contributed by atoms with Crippen LogP contribution in [-0.2, 0) is 4.74 Å². The first-order valence-electron chi connectivity index (χ1n) is 4.84. The van der Waals surface area contributed by atoms with Gasteiger partial charge in [-0.25, -0.2) is 0 Å². The van der Waals surface area contributed by atoms with Gasteiger partial charge in [-0.2, -0.15) is 0 Å². The molecule has 1 saturated carbocycles. The van der Waals surface area contributed by atoms with Crippen LogP contribution in [-0.4, -0.2) is 12.7 Å².